The van der Waals surface area contributed by atoms with Crippen molar-refractivity contribution in [3.63, 3.8) is 0 Å². The van der Waals surface area contributed by atoms with Gasteiger partial charge in [0.2, 0.25) is 0 Å². The Balaban J connectivity index is 2.21. The van der Waals surface area contributed by atoms with Crippen LogP contribution in [0.25, 0.3) is 0 Å². The van der Waals surface area contributed by atoms with Gasteiger partial charge in [-0.05, 0) is 25.0 Å². The number of nitrogens with two attached hydrogens (primary N) is 1. The van der Waals surface area contributed by atoms with E-state index in [2.05, 4.69) is 22.9 Å². The van der Waals surface area contributed by atoms with Crippen LogP contribution < -0.4 is 10.6 Å². The minimum atomic E-state index is 0.543. The average molecular weight is 177 g/mol. The number of hydrogen-bond acceptors (Lipinski definition) is 3. The van der Waals surface area contributed by atoms with Crippen molar-refractivity contribution in [2.45, 2.75) is 19.4 Å². The second-order valence-corrected chi connectivity index (χ2v) is 3.53. The van der Waals surface area contributed by atoms with Crippen molar-refractivity contribution in [1.29, 1.82) is 0 Å². The van der Waals surface area contributed by atoms with Crippen molar-refractivity contribution < 1.29 is 0 Å². The first kappa shape index (κ1) is 8.51. The number of pyridine rings is 1. The largest absolute Gasteiger partial charge is 0.367 e. The van der Waals surface area contributed by atoms with Gasteiger partial charge in [0.05, 0.1) is 0 Å². The SMILES string of the molecule is Cc1cnccc1N1CCC1CN. The molecule has 3 heteroatoms. The van der Waals surface area contributed by atoms with Crippen molar-refractivity contribution in [3.8, 4) is 0 Å². The molecule has 2 N–H and O–H groups in total. The Bertz CT molecular complexity index is 296. The van der Waals surface area contributed by atoms with E-state index in [1.807, 2.05) is 12.4 Å². The lowest BCUT2D eigenvalue weighted by Gasteiger charge is -2.43. The van der Waals surface area contributed by atoms with Crippen LogP contribution in [-0.2, 0) is 0 Å². The second kappa shape index (κ2) is 3.34. The molecule has 13 heavy (non-hydrogen) atoms. The van der Waals surface area contributed by atoms with Gasteiger partial charge >= 0.3 is 0 Å². The van der Waals surface area contributed by atoms with Crippen LogP contribution in [0.5, 0.6) is 0 Å². The topological polar surface area (TPSA) is 42.2 Å². The van der Waals surface area contributed by atoms with Crippen LogP contribution in [0.4, 0.5) is 5.69 Å². The van der Waals surface area contributed by atoms with Crippen LogP contribution in [-0.4, -0.2) is 24.1 Å². The van der Waals surface area contributed by atoms with Crippen molar-refractivity contribution in [1.82, 2.24) is 4.98 Å². The molecular weight excluding hydrogens is 162 g/mol. The minimum absolute atomic E-state index is 0.543. The third-order valence-electron chi connectivity index (χ3n) is 2.72. The average Bonchev–Trinajstić information content (AvgIpc) is 2.08. The first-order valence-corrected chi connectivity index (χ1v) is 4.70. The van der Waals surface area contributed by atoms with Gasteiger partial charge in [-0.1, -0.05) is 0 Å². The zero-order valence-electron chi connectivity index (χ0n) is 7.90. The normalized spacial score (nSPS) is 21.4. The summed E-state index contributed by atoms with van der Waals surface area (Å²) in [5, 5.41) is 0. The van der Waals surface area contributed by atoms with E-state index in [1.54, 1.807) is 0 Å². The molecule has 1 aliphatic heterocycles. The lowest BCUT2D eigenvalue weighted by Crippen LogP contribution is -2.52. The van der Waals surface area contributed by atoms with Gasteiger partial charge in [0.15, 0.2) is 0 Å². The van der Waals surface area contributed by atoms with Crippen molar-refractivity contribution in [3.05, 3.63) is 24.0 Å². The minimum Gasteiger partial charge on any atom is -0.367 e. The first-order chi connectivity index (χ1) is 6.33. The first-order valence-electron chi connectivity index (χ1n) is 4.70. The molecule has 0 radical (unpaired) electrons. The molecule has 0 amide bonds. The summed E-state index contributed by atoms with van der Waals surface area (Å²) in [4.78, 5) is 6.44. The summed E-state index contributed by atoms with van der Waals surface area (Å²) < 4.78 is 0. The predicted molar refractivity (Wildman–Crippen MR) is 53.8 cm³/mol. The Labute approximate surface area is 78.6 Å². The summed E-state index contributed by atoms with van der Waals surface area (Å²) in [5.41, 5.74) is 8.18. The molecule has 1 atom stereocenters. The highest BCUT2D eigenvalue weighted by atomic mass is 15.2. The molecule has 0 bridgehead atoms. The Morgan fingerprint density at radius 2 is 2.54 bits per heavy atom. The number of rotatable bonds is 2. The highest BCUT2D eigenvalue weighted by molar-refractivity contribution is 5.54. The second-order valence-electron chi connectivity index (χ2n) is 3.53. The van der Waals surface area contributed by atoms with E-state index in [-0.39, 0.29) is 0 Å². The van der Waals surface area contributed by atoms with Crippen LogP contribution in [0.1, 0.15) is 12.0 Å². The van der Waals surface area contributed by atoms with E-state index < -0.39 is 0 Å². The third-order valence-corrected chi connectivity index (χ3v) is 2.72. The van der Waals surface area contributed by atoms with Crippen LogP contribution >= 0.6 is 0 Å². The number of nitrogens with zero attached hydrogens (tertiary/aromatic N) is 2. The van der Waals surface area contributed by atoms with E-state index in [4.69, 9.17) is 5.73 Å². The molecule has 2 rings (SSSR count). The molecule has 0 saturated carbocycles. The van der Waals surface area contributed by atoms with E-state index in [9.17, 15) is 0 Å². The molecule has 1 aliphatic rings. The maximum atomic E-state index is 5.65. The van der Waals surface area contributed by atoms with Crippen LogP contribution in [0.15, 0.2) is 18.5 Å². The van der Waals surface area contributed by atoms with Crippen LogP contribution in [0, 0.1) is 6.92 Å². The molecule has 70 valence electrons. The molecule has 0 aliphatic carbocycles. The van der Waals surface area contributed by atoms with Gasteiger partial charge in [-0.3, -0.25) is 4.98 Å². The zero-order chi connectivity index (χ0) is 9.26. The third kappa shape index (κ3) is 1.40. The zero-order valence-corrected chi connectivity index (χ0v) is 7.90. The van der Waals surface area contributed by atoms with E-state index in [1.165, 1.54) is 17.7 Å². The van der Waals surface area contributed by atoms with Crippen molar-refractivity contribution in [2.24, 2.45) is 5.73 Å². The summed E-state index contributed by atoms with van der Waals surface area (Å²) in [6.45, 7) is 3.97. The molecule has 1 aromatic rings. The molecule has 3 nitrogen and oxygen atoms in total. The van der Waals surface area contributed by atoms with Gasteiger partial charge < -0.3 is 10.6 Å². The van der Waals surface area contributed by atoms with Gasteiger partial charge in [0.1, 0.15) is 0 Å². The van der Waals surface area contributed by atoms with Gasteiger partial charge in [-0.15, -0.1) is 0 Å². The summed E-state index contributed by atoms with van der Waals surface area (Å²) in [6.07, 6.45) is 4.97. The van der Waals surface area contributed by atoms with Gasteiger partial charge in [0, 0.05) is 37.2 Å². The fourth-order valence-electron chi connectivity index (χ4n) is 1.79. The smallest absolute Gasteiger partial charge is 0.0429 e. The molecule has 1 unspecified atom stereocenters. The highest BCUT2D eigenvalue weighted by Gasteiger charge is 2.27. The fraction of sp³-hybridized carbons (Fsp3) is 0.500. The summed E-state index contributed by atoms with van der Waals surface area (Å²) in [6, 6.07) is 2.61. The van der Waals surface area contributed by atoms with Crippen LogP contribution in [0.3, 0.4) is 0 Å². The molecule has 1 saturated heterocycles. The Hall–Kier alpha value is -1.09. The van der Waals surface area contributed by atoms with E-state index in [0.29, 0.717) is 6.04 Å². The standard InChI is InChI=1S/C10H15N3/c1-8-7-12-4-2-10(8)13-5-3-9(13)6-11/h2,4,7,9H,3,5-6,11H2,1H3. The maximum Gasteiger partial charge on any atom is 0.0429 e. The number of aryl methyl sites for hydroxylation is 1. The Morgan fingerprint density at radius 3 is 3.08 bits per heavy atom. The number of anilines is 1. The summed E-state index contributed by atoms with van der Waals surface area (Å²) in [7, 11) is 0. The number of aromatic nitrogens is 1. The van der Waals surface area contributed by atoms with E-state index >= 15 is 0 Å². The number of hydrogen-bond donors (Lipinski definition) is 1. The maximum absolute atomic E-state index is 5.65. The predicted octanol–water partition coefficient (Wildman–Crippen LogP) is 0.927. The summed E-state index contributed by atoms with van der Waals surface area (Å²) >= 11 is 0. The van der Waals surface area contributed by atoms with Crippen molar-refractivity contribution in [2.75, 3.05) is 18.0 Å². The molecule has 0 aromatic carbocycles. The molecule has 1 aromatic heterocycles. The van der Waals surface area contributed by atoms with E-state index in [0.717, 1.165) is 13.1 Å². The van der Waals surface area contributed by atoms with Gasteiger partial charge in [-0.2, -0.15) is 0 Å². The molecule has 1 fully saturated rings. The monoisotopic (exact) mass is 177 g/mol. The Morgan fingerprint density at radius 1 is 1.69 bits per heavy atom. The molecule has 2 heterocycles. The quantitative estimate of drug-likeness (QED) is 0.730. The van der Waals surface area contributed by atoms with Crippen LogP contribution in [0.2, 0.25) is 0 Å². The fourth-order valence-corrected chi connectivity index (χ4v) is 1.79. The van der Waals surface area contributed by atoms with Gasteiger partial charge in [-0.25, -0.2) is 0 Å². The molecular formula is C10H15N3. The lowest BCUT2D eigenvalue weighted by atomic mass is 10.0. The summed E-state index contributed by atoms with van der Waals surface area (Å²) in [5.74, 6) is 0. The lowest BCUT2D eigenvalue weighted by molar-refractivity contribution is 0.455. The van der Waals surface area contributed by atoms with Gasteiger partial charge in [0.25, 0.3) is 0 Å². The Kier molecular flexibility index (Phi) is 2.19. The molecule has 0 spiro atoms. The van der Waals surface area contributed by atoms with Crippen molar-refractivity contribution >= 4 is 5.69 Å². The highest BCUT2D eigenvalue weighted by Crippen LogP contribution is 2.27.